The molecule has 0 radical (unpaired) electrons. The maximum atomic E-state index is 14.0. The quantitative estimate of drug-likeness (QED) is 0.605. The smallest absolute Gasteiger partial charge is 0.409 e. The fraction of sp³-hybridized carbons (Fsp3) is 0.409. The van der Waals surface area contributed by atoms with Gasteiger partial charge in [-0.05, 0) is 67.3 Å². The largest absolute Gasteiger partial charge is 0.449 e. The van der Waals surface area contributed by atoms with Gasteiger partial charge in [-0.15, -0.1) is 0 Å². The van der Waals surface area contributed by atoms with Crippen molar-refractivity contribution in [3.63, 3.8) is 0 Å². The topological polar surface area (TPSA) is 63.7 Å². The molecule has 0 unspecified atom stereocenters. The van der Waals surface area contributed by atoms with Gasteiger partial charge in [0.25, 0.3) is 0 Å². The highest BCUT2D eigenvalue weighted by atomic mass is 35.5. The summed E-state index contributed by atoms with van der Waals surface area (Å²) in [5.74, 6) is -1.12. The van der Waals surface area contributed by atoms with Crippen molar-refractivity contribution in [1.29, 1.82) is 0 Å². The summed E-state index contributed by atoms with van der Waals surface area (Å²) < 4.78 is 46.5. The number of aryl methyl sites for hydroxylation is 1. The van der Waals surface area contributed by atoms with Crippen LogP contribution in [0.2, 0.25) is 5.02 Å². The van der Waals surface area contributed by atoms with Gasteiger partial charge in [0.2, 0.25) is 0 Å². The van der Waals surface area contributed by atoms with Crippen molar-refractivity contribution in [2.75, 3.05) is 19.7 Å². The first kappa shape index (κ1) is 22.6. The number of ether oxygens (including phenoxy) is 1. The first-order valence-corrected chi connectivity index (χ1v) is 11.8. The molecule has 5 nitrogen and oxygen atoms in total. The number of nitrogens with zero attached hydrogens (tertiary/aromatic N) is 1. The SMILES string of the molecule is Cc1ccc(F)cc1[C@H]([C@H](C)COC(=O)N1CCCC1)S(=O)(=O)c1ccc(Cl)cc1. The zero-order valence-corrected chi connectivity index (χ0v) is 18.5. The number of hydrogen-bond acceptors (Lipinski definition) is 4. The van der Waals surface area contributed by atoms with Gasteiger partial charge in [0, 0.05) is 24.0 Å². The van der Waals surface area contributed by atoms with Crippen molar-refractivity contribution in [3.05, 3.63) is 64.4 Å². The van der Waals surface area contributed by atoms with E-state index in [2.05, 4.69) is 0 Å². The first-order valence-electron chi connectivity index (χ1n) is 9.87. The molecular weight excluding hydrogens is 429 g/mol. The lowest BCUT2D eigenvalue weighted by Crippen LogP contribution is -2.32. The Balaban J connectivity index is 1.93. The van der Waals surface area contributed by atoms with Crippen LogP contribution in [0.5, 0.6) is 0 Å². The summed E-state index contributed by atoms with van der Waals surface area (Å²) >= 11 is 5.91. The van der Waals surface area contributed by atoms with Gasteiger partial charge in [-0.25, -0.2) is 17.6 Å². The molecule has 1 aliphatic rings. The van der Waals surface area contributed by atoms with Crippen LogP contribution in [-0.4, -0.2) is 39.1 Å². The number of benzene rings is 2. The van der Waals surface area contributed by atoms with Crippen LogP contribution in [0.3, 0.4) is 0 Å². The summed E-state index contributed by atoms with van der Waals surface area (Å²) in [6.45, 7) is 4.62. The molecule has 1 heterocycles. The molecule has 162 valence electrons. The number of sulfone groups is 1. The third kappa shape index (κ3) is 4.95. The van der Waals surface area contributed by atoms with E-state index in [4.69, 9.17) is 16.3 Å². The van der Waals surface area contributed by atoms with E-state index < -0.39 is 32.9 Å². The summed E-state index contributed by atoms with van der Waals surface area (Å²) in [4.78, 5) is 14.0. The third-order valence-corrected chi connectivity index (χ3v) is 7.94. The lowest BCUT2D eigenvalue weighted by Gasteiger charge is -2.27. The van der Waals surface area contributed by atoms with Crippen LogP contribution in [0.25, 0.3) is 0 Å². The highest BCUT2D eigenvalue weighted by Gasteiger charge is 2.36. The lowest BCUT2D eigenvalue weighted by molar-refractivity contribution is 0.0961. The Morgan fingerprint density at radius 2 is 1.80 bits per heavy atom. The second-order valence-electron chi connectivity index (χ2n) is 7.67. The van der Waals surface area contributed by atoms with Crippen molar-refractivity contribution in [3.8, 4) is 0 Å². The Kier molecular flexibility index (Phi) is 7.03. The molecule has 0 aromatic heterocycles. The zero-order valence-electron chi connectivity index (χ0n) is 17.0. The van der Waals surface area contributed by atoms with Gasteiger partial charge < -0.3 is 9.64 Å². The molecule has 1 saturated heterocycles. The van der Waals surface area contributed by atoms with Crippen molar-refractivity contribution >= 4 is 27.5 Å². The lowest BCUT2D eigenvalue weighted by atomic mass is 9.97. The molecule has 0 bridgehead atoms. The second-order valence-corrected chi connectivity index (χ2v) is 10.2. The Labute approximate surface area is 181 Å². The first-order chi connectivity index (χ1) is 14.2. The van der Waals surface area contributed by atoms with E-state index in [0.717, 1.165) is 12.8 Å². The van der Waals surface area contributed by atoms with Gasteiger partial charge in [-0.3, -0.25) is 0 Å². The van der Waals surface area contributed by atoms with Crippen molar-refractivity contribution in [2.24, 2.45) is 5.92 Å². The van der Waals surface area contributed by atoms with Crippen LogP contribution in [-0.2, 0) is 14.6 Å². The summed E-state index contributed by atoms with van der Waals surface area (Å²) in [5.41, 5.74) is 1.01. The summed E-state index contributed by atoms with van der Waals surface area (Å²) in [7, 11) is -3.91. The van der Waals surface area contributed by atoms with Gasteiger partial charge in [-0.1, -0.05) is 24.6 Å². The molecule has 0 saturated carbocycles. The van der Waals surface area contributed by atoms with E-state index in [1.807, 2.05) is 0 Å². The van der Waals surface area contributed by atoms with Gasteiger partial charge in [0.05, 0.1) is 16.8 Å². The molecule has 0 N–H and O–H groups in total. The number of carbonyl (C=O) groups is 1. The summed E-state index contributed by atoms with van der Waals surface area (Å²) in [6, 6.07) is 9.96. The van der Waals surface area contributed by atoms with Crippen LogP contribution >= 0.6 is 11.6 Å². The number of halogens is 2. The van der Waals surface area contributed by atoms with E-state index in [9.17, 15) is 17.6 Å². The Morgan fingerprint density at radius 3 is 2.43 bits per heavy atom. The van der Waals surface area contributed by atoms with Gasteiger partial charge in [0.1, 0.15) is 5.82 Å². The Morgan fingerprint density at radius 1 is 1.17 bits per heavy atom. The predicted molar refractivity (Wildman–Crippen MR) is 114 cm³/mol. The van der Waals surface area contributed by atoms with Crippen LogP contribution in [0.1, 0.15) is 36.1 Å². The maximum Gasteiger partial charge on any atom is 0.409 e. The molecule has 3 rings (SSSR count). The fourth-order valence-electron chi connectivity index (χ4n) is 3.75. The van der Waals surface area contributed by atoms with Crippen molar-refractivity contribution in [2.45, 2.75) is 36.8 Å². The minimum absolute atomic E-state index is 0.0817. The normalized spacial score (nSPS) is 16.3. The molecule has 30 heavy (non-hydrogen) atoms. The molecule has 2 atom stereocenters. The molecule has 1 aliphatic heterocycles. The number of amides is 1. The molecule has 8 heteroatoms. The molecule has 0 aliphatic carbocycles. The van der Waals surface area contributed by atoms with E-state index in [0.29, 0.717) is 29.2 Å². The highest BCUT2D eigenvalue weighted by Crippen LogP contribution is 2.37. The summed E-state index contributed by atoms with van der Waals surface area (Å²) in [5, 5.41) is -0.666. The maximum absolute atomic E-state index is 14.0. The van der Waals surface area contributed by atoms with Crippen molar-refractivity contribution < 1.29 is 22.3 Å². The highest BCUT2D eigenvalue weighted by molar-refractivity contribution is 7.91. The third-order valence-electron chi connectivity index (χ3n) is 5.38. The average Bonchev–Trinajstić information content (AvgIpc) is 3.24. The van der Waals surface area contributed by atoms with Gasteiger partial charge >= 0.3 is 6.09 Å². The van der Waals surface area contributed by atoms with E-state index in [-0.39, 0.29) is 11.5 Å². The Bertz CT molecular complexity index is 1000. The monoisotopic (exact) mass is 453 g/mol. The Hall–Kier alpha value is -2.12. The van der Waals surface area contributed by atoms with E-state index in [1.54, 1.807) is 24.8 Å². The molecule has 2 aromatic rings. The van der Waals surface area contributed by atoms with E-state index in [1.165, 1.54) is 36.4 Å². The van der Waals surface area contributed by atoms with Crippen LogP contribution < -0.4 is 0 Å². The van der Waals surface area contributed by atoms with E-state index >= 15 is 0 Å². The summed E-state index contributed by atoms with van der Waals surface area (Å²) in [6.07, 6.45) is 1.42. The predicted octanol–water partition coefficient (Wildman–Crippen LogP) is 5.17. The number of hydrogen-bond donors (Lipinski definition) is 0. The molecular formula is C22H25ClFNO4S. The average molecular weight is 454 g/mol. The zero-order chi connectivity index (χ0) is 21.9. The minimum atomic E-state index is -3.91. The van der Waals surface area contributed by atoms with Crippen molar-refractivity contribution in [1.82, 2.24) is 4.90 Å². The van der Waals surface area contributed by atoms with Gasteiger partial charge in [0.15, 0.2) is 9.84 Å². The minimum Gasteiger partial charge on any atom is -0.449 e. The molecule has 1 fully saturated rings. The standard InChI is InChI=1S/C22H25ClFNO4S/c1-15-5-8-18(24)13-20(15)21(30(27,28)19-9-6-17(23)7-10-19)16(2)14-29-22(26)25-11-3-4-12-25/h5-10,13,16,21H,3-4,11-12,14H2,1-2H3/t16-,21+/m1/s1. The molecule has 0 spiro atoms. The second kappa shape index (κ2) is 9.35. The van der Waals surface area contributed by atoms with Crippen LogP contribution in [0.15, 0.2) is 47.4 Å². The molecule has 1 amide bonds. The fourth-order valence-corrected chi connectivity index (χ4v) is 5.96. The van der Waals surface area contributed by atoms with Crippen LogP contribution in [0.4, 0.5) is 9.18 Å². The number of likely N-dealkylation sites (tertiary alicyclic amines) is 1. The molecule has 2 aromatic carbocycles. The number of carbonyl (C=O) groups excluding carboxylic acids is 1. The van der Waals surface area contributed by atoms with Gasteiger partial charge in [-0.2, -0.15) is 0 Å². The number of rotatable bonds is 6. The van der Waals surface area contributed by atoms with Crippen LogP contribution in [0, 0.1) is 18.7 Å².